The van der Waals surface area contributed by atoms with Crippen LogP contribution in [0.5, 0.6) is 0 Å². The van der Waals surface area contributed by atoms with E-state index in [0.29, 0.717) is 0 Å². The van der Waals surface area contributed by atoms with Crippen LogP contribution in [0.15, 0.2) is 152 Å². The van der Waals surface area contributed by atoms with Crippen molar-refractivity contribution in [2.75, 3.05) is 0 Å². The van der Waals surface area contributed by atoms with Crippen LogP contribution in [0.2, 0.25) is 0 Å². The van der Waals surface area contributed by atoms with Crippen LogP contribution in [0.3, 0.4) is 0 Å². The molecule has 0 N–H and O–H groups in total. The van der Waals surface area contributed by atoms with Crippen molar-refractivity contribution in [1.82, 2.24) is 14.5 Å². The molecule has 3 heteroatoms. The summed E-state index contributed by atoms with van der Waals surface area (Å²) < 4.78 is 2.35. The van der Waals surface area contributed by atoms with E-state index in [4.69, 9.17) is 4.98 Å². The molecule has 6 aromatic carbocycles. The second-order valence-electron chi connectivity index (χ2n) is 11.1. The fourth-order valence-electron chi connectivity index (χ4n) is 6.61. The summed E-state index contributed by atoms with van der Waals surface area (Å²) in [5.74, 6) is 0. The smallest absolute Gasteiger partial charge is 0.0802 e. The Hall–Kier alpha value is -5.80. The molecule has 3 heterocycles. The molecular weight excluding hydrogens is 522 g/mol. The van der Waals surface area contributed by atoms with Gasteiger partial charge in [0.1, 0.15) is 0 Å². The fourth-order valence-corrected chi connectivity index (χ4v) is 6.61. The Morgan fingerprint density at radius 1 is 0.419 bits per heavy atom. The van der Waals surface area contributed by atoms with Crippen molar-refractivity contribution >= 4 is 54.4 Å². The molecule has 9 aromatic rings. The molecule has 0 aliphatic carbocycles. The molecule has 0 atom stereocenters. The van der Waals surface area contributed by atoms with Gasteiger partial charge in [-0.25, -0.2) is 0 Å². The number of hydrogen-bond acceptors (Lipinski definition) is 2. The first kappa shape index (κ1) is 23.9. The summed E-state index contributed by atoms with van der Waals surface area (Å²) in [6, 6.07) is 50.0. The third-order valence-corrected chi connectivity index (χ3v) is 8.63. The molecule has 0 aliphatic heterocycles. The summed E-state index contributed by atoms with van der Waals surface area (Å²) in [6.07, 6.45) is 3.76. The molecular formula is C40H25N3. The normalized spacial score (nSPS) is 11.7. The number of nitrogens with zero attached hydrogens (tertiary/aromatic N) is 3. The number of benzene rings is 6. The van der Waals surface area contributed by atoms with Crippen molar-refractivity contribution in [3.63, 3.8) is 0 Å². The lowest BCUT2D eigenvalue weighted by Crippen LogP contribution is -1.93. The van der Waals surface area contributed by atoms with E-state index in [9.17, 15) is 0 Å². The Balaban J connectivity index is 1.22. The summed E-state index contributed by atoms with van der Waals surface area (Å²) in [6.45, 7) is 0. The van der Waals surface area contributed by atoms with Crippen LogP contribution in [-0.2, 0) is 0 Å². The van der Waals surface area contributed by atoms with Gasteiger partial charge in [-0.3, -0.25) is 9.97 Å². The van der Waals surface area contributed by atoms with E-state index in [-0.39, 0.29) is 0 Å². The number of rotatable bonds is 3. The zero-order chi connectivity index (χ0) is 28.3. The number of para-hydroxylation sites is 2. The third kappa shape index (κ3) is 3.75. The molecule has 9 rings (SSSR count). The van der Waals surface area contributed by atoms with E-state index in [1.165, 1.54) is 49.3 Å². The highest BCUT2D eigenvalue weighted by Gasteiger charge is 2.16. The van der Waals surface area contributed by atoms with Crippen molar-refractivity contribution in [3.05, 3.63) is 152 Å². The molecule has 3 nitrogen and oxygen atoms in total. The lowest BCUT2D eigenvalue weighted by Gasteiger charge is -2.10. The minimum absolute atomic E-state index is 1.03. The molecule has 200 valence electrons. The monoisotopic (exact) mass is 547 g/mol. The Morgan fingerprint density at radius 2 is 1.05 bits per heavy atom. The van der Waals surface area contributed by atoms with Gasteiger partial charge in [0, 0.05) is 45.2 Å². The van der Waals surface area contributed by atoms with Crippen LogP contribution in [0.25, 0.3) is 82.3 Å². The first-order chi connectivity index (χ1) is 21.3. The average Bonchev–Trinajstić information content (AvgIpc) is 3.42. The standard InChI is InChI=1S/C40H25N3/c1-2-10-33(11-3-1)43-36-19-18-31(25-35(36)38-37(43)20-17-27-9-6-22-42-40(27)38)29-13-14-30-24-32(16-15-28(30)23-29)34-12-4-7-26-8-5-21-41-39(26)34/h1-25H. The van der Waals surface area contributed by atoms with Crippen molar-refractivity contribution < 1.29 is 0 Å². The van der Waals surface area contributed by atoms with Gasteiger partial charge in [-0.05, 0) is 82.1 Å². The highest BCUT2D eigenvalue weighted by atomic mass is 15.0. The summed E-state index contributed by atoms with van der Waals surface area (Å²) in [7, 11) is 0. The van der Waals surface area contributed by atoms with Gasteiger partial charge in [0.05, 0.1) is 22.1 Å². The molecule has 0 fully saturated rings. The van der Waals surface area contributed by atoms with Gasteiger partial charge >= 0.3 is 0 Å². The largest absolute Gasteiger partial charge is 0.309 e. The van der Waals surface area contributed by atoms with Crippen LogP contribution in [0.4, 0.5) is 0 Å². The van der Waals surface area contributed by atoms with E-state index >= 15 is 0 Å². The second kappa shape index (κ2) is 9.37. The van der Waals surface area contributed by atoms with Gasteiger partial charge < -0.3 is 4.57 Å². The molecule has 0 saturated carbocycles. The van der Waals surface area contributed by atoms with Gasteiger partial charge in [-0.1, -0.05) is 84.9 Å². The van der Waals surface area contributed by atoms with Gasteiger partial charge in [0.15, 0.2) is 0 Å². The van der Waals surface area contributed by atoms with Crippen molar-refractivity contribution in [2.45, 2.75) is 0 Å². The summed E-state index contributed by atoms with van der Waals surface area (Å²) in [4.78, 5) is 9.52. The molecule has 0 amide bonds. The zero-order valence-corrected chi connectivity index (χ0v) is 23.3. The highest BCUT2D eigenvalue weighted by Crippen LogP contribution is 2.39. The number of hydrogen-bond donors (Lipinski definition) is 0. The SMILES string of the molecule is c1ccc(-n2c3ccc(-c4ccc5cc(-c6cccc7cccnc67)ccc5c4)cc3c3c4ncccc4ccc32)cc1. The van der Waals surface area contributed by atoms with E-state index < -0.39 is 0 Å². The van der Waals surface area contributed by atoms with Crippen LogP contribution < -0.4 is 0 Å². The molecule has 0 saturated heterocycles. The molecule has 43 heavy (non-hydrogen) atoms. The van der Waals surface area contributed by atoms with Crippen molar-refractivity contribution in [3.8, 4) is 27.9 Å². The Kier molecular flexibility index (Phi) is 5.20. The van der Waals surface area contributed by atoms with E-state index in [2.05, 4.69) is 137 Å². The first-order valence-corrected chi connectivity index (χ1v) is 14.6. The van der Waals surface area contributed by atoms with E-state index in [1.807, 2.05) is 24.5 Å². The third-order valence-electron chi connectivity index (χ3n) is 8.63. The van der Waals surface area contributed by atoms with Crippen molar-refractivity contribution in [1.29, 1.82) is 0 Å². The number of fused-ring (bicyclic) bond motifs is 7. The van der Waals surface area contributed by atoms with Gasteiger partial charge in [-0.15, -0.1) is 0 Å². The van der Waals surface area contributed by atoms with Gasteiger partial charge in [0.2, 0.25) is 0 Å². The quantitative estimate of drug-likeness (QED) is 0.220. The molecule has 0 bridgehead atoms. The Labute approximate surface area is 248 Å². The minimum Gasteiger partial charge on any atom is -0.309 e. The topological polar surface area (TPSA) is 30.7 Å². The van der Waals surface area contributed by atoms with Crippen LogP contribution in [-0.4, -0.2) is 14.5 Å². The van der Waals surface area contributed by atoms with Gasteiger partial charge in [0.25, 0.3) is 0 Å². The molecule has 0 radical (unpaired) electrons. The van der Waals surface area contributed by atoms with Gasteiger partial charge in [-0.2, -0.15) is 0 Å². The molecule has 0 spiro atoms. The predicted octanol–water partition coefficient (Wildman–Crippen LogP) is 10.4. The molecule has 0 unspecified atom stereocenters. The lowest BCUT2D eigenvalue weighted by molar-refractivity contribution is 1.18. The van der Waals surface area contributed by atoms with Crippen LogP contribution >= 0.6 is 0 Å². The maximum Gasteiger partial charge on any atom is 0.0802 e. The maximum absolute atomic E-state index is 4.84. The Bertz CT molecular complexity index is 2500. The lowest BCUT2D eigenvalue weighted by atomic mass is 9.96. The summed E-state index contributed by atoms with van der Waals surface area (Å²) in [5.41, 5.74) is 10.3. The molecule has 3 aromatic heterocycles. The zero-order valence-electron chi connectivity index (χ0n) is 23.3. The minimum atomic E-state index is 1.03. The molecule has 0 aliphatic rings. The fraction of sp³-hybridized carbons (Fsp3) is 0. The maximum atomic E-state index is 4.84. The van der Waals surface area contributed by atoms with Crippen LogP contribution in [0, 0.1) is 0 Å². The first-order valence-electron chi connectivity index (χ1n) is 14.6. The van der Waals surface area contributed by atoms with Crippen LogP contribution in [0.1, 0.15) is 0 Å². The van der Waals surface area contributed by atoms with E-state index in [1.54, 1.807) is 0 Å². The second-order valence-corrected chi connectivity index (χ2v) is 11.1. The summed E-state index contributed by atoms with van der Waals surface area (Å²) in [5, 5.41) is 7.13. The number of pyridine rings is 2. The van der Waals surface area contributed by atoms with E-state index in [0.717, 1.165) is 33.1 Å². The van der Waals surface area contributed by atoms with Crippen molar-refractivity contribution in [2.24, 2.45) is 0 Å². The Morgan fingerprint density at radius 3 is 1.88 bits per heavy atom. The highest BCUT2D eigenvalue weighted by molar-refractivity contribution is 6.20. The number of aromatic nitrogens is 3. The average molecular weight is 548 g/mol. The predicted molar refractivity (Wildman–Crippen MR) is 180 cm³/mol. The summed E-state index contributed by atoms with van der Waals surface area (Å²) >= 11 is 0.